The average Bonchev–Trinajstić information content (AvgIpc) is 2.47. The van der Waals surface area contributed by atoms with Crippen LogP contribution in [0.4, 0.5) is 5.69 Å². The van der Waals surface area contributed by atoms with E-state index in [0.29, 0.717) is 24.4 Å². The normalized spacial score (nSPS) is 21.9. The molecule has 1 aliphatic heterocycles. The number of carbonyl (C=O) groups is 2. The zero-order valence-corrected chi connectivity index (χ0v) is 12.3. The third-order valence-corrected chi connectivity index (χ3v) is 3.83. The van der Waals surface area contributed by atoms with Crippen molar-refractivity contribution in [2.45, 2.75) is 26.0 Å². The summed E-state index contributed by atoms with van der Waals surface area (Å²) >= 11 is 0. The average molecular weight is 291 g/mol. The molecule has 0 saturated carbocycles. The van der Waals surface area contributed by atoms with Crippen LogP contribution in [0.5, 0.6) is 0 Å². The molecule has 1 aromatic rings. The summed E-state index contributed by atoms with van der Waals surface area (Å²) in [6.07, 6.45) is 0.0283. The van der Waals surface area contributed by atoms with E-state index < -0.39 is 5.91 Å². The van der Waals surface area contributed by atoms with Crippen molar-refractivity contribution in [1.82, 2.24) is 4.90 Å². The molecule has 21 heavy (non-hydrogen) atoms. The van der Waals surface area contributed by atoms with Gasteiger partial charge < -0.3 is 20.7 Å². The van der Waals surface area contributed by atoms with Gasteiger partial charge >= 0.3 is 0 Å². The Labute approximate surface area is 124 Å². The summed E-state index contributed by atoms with van der Waals surface area (Å²) in [7, 11) is 0. The maximum absolute atomic E-state index is 12.3. The van der Waals surface area contributed by atoms with E-state index in [1.165, 1.54) is 0 Å². The second kappa shape index (κ2) is 6.58. The summed E-state index contributed by atoms with van der Waals surface area (Å²) in [6, 6.07) is 6.93. The van der Waals surface area contributed by atoms with E-state index in [-0.39, 0.29) is 24.6 Å². The number of ether oxygens (including phenoxy) is 1. The predicted molar refractivity (Wildman–Crippen MR) is 80.0 cm³/mol. The fourth-order valence-corrected chi connectivity index (χ4v) is 2.41. The molecule has 0 spiro atoms. The lowest BCUT2D eigenvalue weighted by atomic mass is 10.1. The van der Waals surface area contributed by atoms with Crippen LogP contribution < -0.4 is 11.1 Å². The zero-order valence-electron chi connectivity index (χ0n) is 12.3. The van der Waals surface area contributed by atoms with Crippen molar-refractivity contribution in [3.05, 3.63) is 29.8 Å². The van der Waals surface area contributed by atoms with Gasteiger partial charge in [-0.05, 0) is 26.0 Å². The molecule has 2 amide bonds. The quantitative estimate of drug-likeness (QED) is 0.860. The number of nitrogens with two attached hydrogens (primary N) is 1. The summed E-state index contributed by atoms with van der Waals surface area (Å²) in [5, 5.41) is 2.99. The van der Waals surface area contributed by atoms with Gasteiger partial charge in [-0.1, -0.05) is 12.1 Å². The van der Waals surface area contributed by atoms with Crippen LogP contribution in [0.15, 0.2) is 24.3 Å². The molecule has 114 valence electrons. The molecule has 1 aromatic carbocycles. The van der Waals surface area contributed by atoms with Crippen molar-refractivity contribution >= 4 is 17.5 Å². The van der Waals surface area contributed by atoms with Gasteiger partial charge in [-0.25, -0.2) is 0 Å². The number of benzene rings is 1. The van der Waals surface area contributed by atoms with E-state index in [1.807, 2.05) is 13.8 Å². The molecule has 0 radical (unpaired) electrons. The minimum Gasteiger partial charge on any atom is -0.376 e. The van der Waals surface area contributed by atoms with Gasteiger partial charge in [-0.2, -0.15) is 0 Å². The number of para-hydroxylation sites is 1. The number of rotatable bonds is 4. The fraction of sp³-hybridized carbons (Fsp3) is 0.467. The minimum absolute atomic E-state index is 0.0167. The van der Waals surface area contributed by atoms with E-state index >= 15 is 0 Å². The monoisotopic (exact) mass is 291 g/mol. The first-order valence-electron chi connectivity index (χ1n) is 7.04. The van der Waals surface area contributed by atoms with Crippen LogP contribution in [-0.2, 0) is 9.53 Å². The largest absolute Gasteiger partial charge is 0.376 e. The first-order valence-corrected chi connectivity index (χ1v) is 7.04. The molecule has 1 aliphatic rings. The summed E-state index contributed by atoms with van der Waals surface area (Å²) < 4.78 is 5.51. The molecule has 2 atom stereocenters. The van der Waals surface area contributed by atoms with Crippen LogP contribution in [0.3, 0.4) is 0 Å². The SMILES string of the molecule is C[C@@H]1[C@@H](C)OCCN1C(=O)CNc1ccccc1C(N)=O. The topological polar surface area (TPSA) is 84.7 Å². The Bertz CT molecular complexity index is 533. The van der Waals surface area contributed by atoms with Crippen LogP contribution in [0.1, 0.15) is 24.2 Å². The minimum atomic E-state index is -0.515. The number of nitrogens with zero attached hydrogens (tertiary/aromatic N) is 1. The first-order chi connectivity index (χ1) is 10.0. The maximum Gasteiger partial charge on any atom is 0.250 e. The van der Waals surface area contributed by atoms with Crippen LogP contribution in [0.25, 0.3) is 0 Å². The van der Waals surface area contributed by atoms with Crippen LogP contribution in [0, 0.1) is 0 Å². The molecule has 1 heterocycles. The number of primary amides is 1. The van der Waals surface area contributed by atoms with E-state index in [1.54, 1.807) is 29.2 Å². The van der Waals surface area contributed by atoms with Gasteiger partial charge in [0.05, 0.1) is 30.9 Å². The molecule has 1 fully saturated rings. The highest BCUT2D eigenvalue weighted by atomic mass is 16.5. The second-order valence-electron chi connectivity index (χ2n) is 5.17. The van der Waals surface area contributed by atoms with Crippen molar-refractivity contribution < 1.29 is 14.3 Å². The molecule has 6 nitrogen and oxygen atoms in total. The van der Waals surface area contributed by atoms with Crippen LogP contribution in [0.2, 0.25) is 0 Å². The molecule has 6 heteroatoms. The smallest absolute Gasteiger partial charge is 0.250 e. The number of hydrogen-bond acceptors (Lipinski definition) is 4. The predicted octanol–water partition coefficient (Wildman–Crippen LogP) is 0.833. The standard InChI is InChI=1S/C15H21N3O3/c1-10-11(2)21-8-7-18(10)14(19)9-17-13-6-4-3-5-12(13)15(16)20/h3-6,10-11,17H,7-9H2,1-2H3,(H2,16,20)/t10-,11-/m1/s1. The van der Waals surface area contributed by atoms with Crippen molar-refractivity contribution in [3.63, 3.8) is 0 Å². The highest BCUT2D eigenvalue weighted by molar-refractivity contribution is 5.99. The van der Waals surface area contributed by atoms with Crippen molar-refractivity contribution in [2.24, 2.45) is 5.73 Å². The number of anilines is 1. The molecular weight excluding hydrogens is 270 g/mol. The molecule has 0 aliphatic carbocycles. The third-order valence-electron chi connectivity index (χ3n) is 3.83. The number of amides is 2. The molecule has 2 rings (SSSR count). The van der Waals surface area contributed by atoms with Gasteiger partial charge in [0.2, 0.25) is 5.91 Å². The molecule has 0 unspecified atom stereocenters. The summed E-state index contributed by atoms with van der Waals surface area (Å²) in [5.41, 5.74) is 6.27. The summed E-state index contributed by atoms with van der Waals surface area (Å²) in [6.45, 7) is 5.19. The van der Waals surface area contributed by atoms with Gasteiger partial charge in [-0.3, -0.25) is 9.59 Å². The van der Waals surface area contributed by atoms with E-state index in [4.69, 9.17) is 10.5 Å². The van der Waals surface area contributed by atoms with Gasteiger partial charge in [0, 0.05) is 12.2 Å². The third kappa shape index (κ3) is 3.52. The Morgan fingerprint density at radius 2 is 2.10 bits per heavy atom. The van der Waals surface area contributed by atoms with Crippen LogP contribution in [-0.4, -0.2) is 48.6 Å². The van der Waals surface area contributed by atoms with E-state index in [2.05, 4.69) is 5.32 Å². The number of carbonyl (C=O) groups excluding carboxylic acids is 2. The number of nitrogens with one attached hydrogen (secondary N) is 1. The first kappa shape index (κ1) is 15.3. The van der Waals surface area contributed by atoms with Gasteiger partial charge in [0.25, 0.3) is 5.91 Å². The Morgan fingerprint density at radius 3 is 2.81 bits per heavy atom. The van der Waals surface area contributed by atoms with Gasteiger partial charge in [-0.15, -0.1) is 0 Å². The maximum atomic E-state index is 12.3. The van der Waals surface area contributed by atoms with E-state index in [0.717, 1.165) is 0 Å². The lowest BCUT2D eigenvalue weighted by molar-refractivity contribution is -0.142. The zero-order chi connectivity index (χ0) is 15.4. The Balaban J connectivity index is 2.00. The number of morpholine rings is 1. The molecule has 3 N–H and O–H groups in total. The van der Waals surface area contributed by atoms with Crippen molar-refractivity contribution in [1.29, 1.82) is 0 Å². The highest BCUT2D eigenvalue weighted by Gasteiger charge is 2.28. The molecule has 0 aromatic heterocycles. The van der Waals surface area contributed by atoms with Crippen LogP contribution >= 0.6 is 0 Å². The molecule has 0 bridgehead atoms. The van der Waals surface area contributed by atoms with Gasteiger partial charge in [0.1, 0.15) is 0 Å². The summed E-state index contributed by atoms with van der Waals surface area (Å²) in [4.78, 5) is 25.4. The Hall–Kier alpha value is -2.08. The number of hydrogen-bond donors (Lipinski definition) is 2. The van der Waals surface area contributed by atoms with E-state index in [9.17, 15) is 9.59 Å². The highest BCUT2D eigenvalue weighted by Crippen LogP contribution is 2.16. The second-order valence-corrected chi connectivity index (χ2v) is 5.17. The summed E-state index contributed by atoms with van der Waals surface area (Å²) in [5.74, 6) is -0.532. The fourth-order valence-electron chi connectivity index (χ4n) is 2.41. The molecule has 1 saturated heterocycles. The molecular formula is C15H21N3O3. The van der Waals surface area contributed by atoms with Gasteiger partial charge in [0.15, 0.2) is 0 Å². The van der Waals surface area contributed by atoms with Crippen molar-refractivity contribution in [2.75, 3.05) is 25.0 Å². The Morgan fingerprint density at radius 1 is 1.38 bits per heavy atom. The lowest BCUT2D eigenvalue weighted by Crippen LogP contribution is -2.52. The lowest BCUT2D eigenvalue weighted by Gasteiger charge is -2.38. The Kier molecular flexibility index (Phi) is 4.80. The van der Waals surface area contributed by atoms with Crippen molar-refractivity contribution in [3.8, 4) is 0 Å².